The maximum atomic E-state index is 12.7. The van der Waals surface area contributed by atoms with Crippen LogP contribution < -0.4 is 0 Å². The van der Waals surface area contributed by atoms with Crippen LogP contribution in [0.1, 0.15) is 16.4 Å². The highest BCUT2D eigenvalue weighted by Crippen LogP contribution is 2.38. The third-order valence-electron chi connectivity index (χ3n) is 3.87. The number of aryl methyl sites for hydroxylation is 1. The number of hydrogen-bond acceptors (Lipinski definition) is 4. The van der Waals surface area contributed by atoms with Gasteiger partial charge in [-0.1, -0.05) is 24.3 Å². The van der Waals surface area contributed by atoms with Crippen molar-refractivity contribution in [3.05, 3.63) is 35.4 Å². The van der Waals surface area contributed by atoms with Crippen molar-refractivity contribution >= 4 is 23.6 Å². The fourth-order valence-electron chi connectivity index (χ4n) is 2.76. The second-order valence-electron chi connectivity index (χ2n) is 5.18. The van der Waals surface area contributed by atoms with Crippen LogP contribution in [0.3, 0.4) is 0 Å². The van der Waals surface area contributed by atoms with Crippen LogP contribution in [0.5, 0.6) is 0 Å². The molecule has 0 unspecified atom stereocenters. The van der Waals surface area contributed by atoms with Crippen LogP contribution >= 0.6 is 11.8 Å². The predicted octanol–water partition coefficient (Wildman–Crippen LogP) is 1.33. The van der Waals surface area contributed by atoms with Gasteiger partial charge < -0.3 is 14.7 Å². The summed E-state index contributed by atoms with van der Waals surface area (Å²) < 4.78 is 5.18. The molecule has 0 spiro atoms. The molecule has 112 valence electrons. The van der Waals surface area contributed by atoms with Gasteiger partial charge in [0.15, 0.2) is 6.10 Å². The Balaban J connectivity index is 1.78. The Morgan fingerprint density at radius 1 is 1.33 bits per heavy atom. The van der Waals surface area contributed by atoms with Gasteiger partial charge in [-0.2, -0.15) is 0 Å². The Labute approximate surface area is 127 Å². The van der Waals surface area contributed by atoms with Gasteiger partial charge in [0.25, 0.3) is 0 Å². The van der Waals surface area contributed by atoms with Crippen molar-refractivity contribution in [2.45, 2.75) is 17.8 Å². The lowest BCUT2D eigenvalue weighted by atomic mass is 10.0. The SMILES string of the molecule is O=C(O)[C@@H]1CN(C(=O)[C@@H]2SCCc3ccccc32)CCO1. The maximum absolute atomic E-state index is 12.7. The molecule has 3 rings (SSSR count). The number of fused-ring (bicyclic) bond motifs is 1. The van der Waals surface area contributed by atoms with Crippen molar-refractivity contribution in [3.8, 4) is 0 Å². The maximum Gasteiger partial charge on any atom is 0.334 e. The van der Waals surface area contributed by atoms with Gasteiger partial charge in [0.05, 0.1) is 13.2 Å². The molecule has 2 heterocycles. The Morgan fingerprint density at radius 2 is 2.14 bits per heavy atom. The van der Waals surface area contributed by atoms with Crippen LogP contribution in [0.25, 0.3) is 0 Å². The summed E-state index contributed by atoms with van der Waals surface area (Å²) in [6.45, 7) is 0.872. The molecule has 6 heteroatoms. The number of nitrogens with zero attached hydrogens (tertiary/aromatic N) is 1. The van der Waals surface area contributed by atoms with E-state index in [0.29, 0.717) is 6.54 Å². The normalized spacial score (nSPS) is 25.2. The summed E-state index contributed by atoms with van der Waals surface area (Å²) >= 11 is 1.64. The second-order valence-corrected chi connectivity index (χ2v) is 6.39. The number of hydrogen-bond donors (Lipinski definition) is 1. The average molecular weight is 307 g/mol. The molecule has 2 aliphatic rings. The summed E-state index contributed by atoms with van der Waals surface area (Å²) in [6, 6.07) is 8.00. The molecule has 0 radical (unpaired) electrons. The number of amides is 1. The fraction of sp³-hybridized carbons (Fsp3) is 0.467. The third-order valence-corrected chi connectivity index (χ3v) is 5.10. The van der Waals surface area contributed by atoms with E-state index in [1.165, 1.54) is 5.56 Å². The van der Waals surface area contributed by atoms with E-state index >= 15 is 0 Å². The highest BCUT2D eigenvalue weighted by molar-refractivity contribution is 8.00. The first-order valence-electron chi connectivity index (χ1n) is 6.99. The minimum atomic E-state index is -1.01. The van der Waals surface area contributed by atoms with Crippen molar-refractivity contribution in [2.75, 3.05) is 25.4 Å². The molecular weight excluding hydrogens is 290 g/mol. The van der Waals surface area contributed by atoms with E-state index in [4.69, 9.17) is 9.84 Å². The average Bonchev–Trinajstić information content (AvgIpc) is 2.53. The van der Waals surface area contributed by atoms with Crippen LogP contribution in [-0.4, -0.2) is 53.4 Å². The van der Waals surface area contributed by atoms with E-state index in [1.54, 1.807) is 16.7 Å². The molecule has 2 aliphatic heterocycles. The van der Waals surface area contributed by atoms with Crippen molar-refractivity contribution in [1.29, 1.82) is 0 Å². The topological polar surface area (TPSA) is 66.8 Å². The molecule has 0 aliphatic carbocycles. The Hall–Kier alpha value is -1.53. The van der Waals surface area contributed by atoms with Crippen LogP contribution in [0.4, 0.5) is 0 Å². The van der Waals surface area contributed by atoms with Crippen molar-refractivity contribution in [3.63, 3.8) is 0 Å². The van der Waals surface area contributed by atoms with Crippen molar-refractivity contribution < 1.29 is 19.4 Å². The molecule has 2 atom stereocenters. The van der Waals surface area contributed by atoms with E-state index in [9.17, 15) is 9.59 Å². The number of ether oxygens (including phenoxy) is 1. The van der Waals surface area contributed by atoms with Gasteiger partial charge in [0, 0.05) is 6.54 Å². The summed E-state index contributed by atoms with van der Waals surface area (Å²) in [6.07, 6.45) is 0.0670. The number of benzene rings is 1. The van der Waals surface area contributed by atoms with Crippen LogP contribution in [0.2, 0.25) is 0 Å². The molecule has 1 fully saturated rings. The van der Waals surface area contributed by atoms with Gasteiger partial charge in [-0.3, -0.25) is 4.79 Å². The summed E-state index contributed by atoms with van der Waals surface area (Å²) in [4.78, 5) is 25.4. The zero-order valence-electron chi connectivity index (χ0n) is 11.5. The van der Waals surface area contributed by atoms with Gasteiger partial charge in [0.2, 0.25) is 5.91 Å². The standard InChI is InChI=1S/C15H17NO4S/c17-14(16-6-7-20-12(9-16)15(18)19)13-11-4-2-1-3-10(11)5-8-21-13/h1-4,12-13H,5-9H2,(H,18,19)/t12-,13+/m0/s1. The van der Waals surface area contributed by atoms with E-state index in [0.717, 1.165) is 17.7 Å². The molecule has 0 aromatic heterocycles. The largest absolute Gasteiger partial charge is 0.479 e. The lowest BCUT2D eigenvalue weighted by molar-refractivity contribution is -0.159. The monoisotopic (exact) mass is 307 g/mol. The molecule has 1 aromatic carbocycles. The van der Waals surface area contributed by atoms with Crippen LogP contribution in [-0.2, 0) is 20.7 Å². The van der Waals surface area contributed by atoms with Gasteiger partial charge in [-0.15, -0.1) is 11.8 Å². The lowest BCUT2D eigenvalue weighted by Gasteiger charge is -2.34. The molecule has 5 nitrogen and oxygen atoms in total. The van der Waals surface area contributed by atoms with Crippen molar-refractivity contribution in [2.24, 2.45) is 0 Å². The first-order valence-corrected chi connectivity index (χ1v) is 8.04. The smallest absolute Gasteiger partial charge is 0.334 e. The molecule has 1 N–H and O–H groups in total. The number of carboxylic acid groups (broad SMARTS) is 1. The van der Waals surface area contributed by atoms with E-state index in [2.05, 4.69) is 6.07 Å². The van der Waals surface area contributed by atoms with E-state index in [1.807, 2.05) is 18.2 Å². The Morgan fingerprint density at radius 3 is 2.95 bits per heavy atom. The number of thioether (sulfide) groups is 1. The molecule has 1 saturated heterocycles. The number of aliphatic carboxylic acids is 1. The first kappa shape index (κ1) is 14.4. The molecule has 1 aromatic rings. The molecule has 21 heavy (non-hydrogen) atoms. The number of carbonyl (C=O) groups excluding carboxylic acids is 1. The van der Waals surface area contributed by atoms with Crippen molar-refractivity contribution in [1.82, 2.24) is 4.90 Å². The number of carboxylic acids is 1. The molecule has 0 bridgehead atoms. The van der Waals surface area contributed by atoms with Gasteiger partial charge in [-0.05, 0) is 23.3 Å². The van der Waals surface area contributed by atoms with Gasteiger partial charge >= 0.3 is 5.97 Å². The van der Waals surface area contributed by atoms with Gasteiger partial charge in [-0.25, -0.2) is 4.79 Å². The van der Waals surface area contributed by atoms with Crippen LogP contribution in [0.15, 0.2) is 24.3 Å². The highest BCUT2D eigenvalue weighted by atomic mass is 32.2. The number of carbonyl (C=O) groups is 2. The minimum Gasteiger partial charge on any atom is -0.479 e. The quantitative estimate of drug-likeness (QED) is 0.893. The molecule has 0 saturated carbocycles. The number of rotatable bonds is 2. The van der Waals surface area contributed by atoms with Crippen LogP contribution in [0, 0.1) is 0 Å². The van der Waals surface area contributed by atoms with Gasteiger partial charge in [0.1, 0.15) is 5.25 Å². The second kappa shape index (κ2) is 6.07. The molecule has 1 amide bonds. The Kier molecular flexibility index (Phi) is 4.17. The van der Waals surface area contributed by atoms with E-state index in [-0.39, 0.29) is 24.3 Å². The Bertz CT molecular complexity index is 562. The molecular formula is C15H17NO4S. The minimum absolute atomic E-state index is 0.00157. The summed E-state index contributed by atoms with van der Waals surface area (Å²) in [7, 11) is 0. The zero-order valence-corrected chi connectivity index (χ0v) is 12.3. The first-order chi connectivity index (χ1) is 10.2. The summed E-state index contributed by atoms with van der Waals surface area (Å²) in [5.74, 6) is -0.0916. The highest BCUT2D eigenvalue weighted by Gasteiger charge is 2.35. The lowest BCUT2D eigenvalue weighted by Crippen LogP contribution is -2.49. The predicted molar refractivity (Wildman–Crippen MR) is 79.3 cm³/mol. The third kappa shape index (κ3) is 2.91. The number of morpholine rings is 1. The van der Waals surface area contributed by atoms with E-state index < -0.39 is 12.1 Å². The fourth-order valence-corrected chi connectivity index (χ4v) is 4.04. The zero-order chi connectivity index (χ0) is 14.8. The summed E-state index contributed by atoms with van der Waals surface area (Å²) in [5.41, 5.74) is 2.29. The summed E-state index contributed by atoms with van der Waals surface area (Å²) in [5, 5.41) is 8.82.